The first kappa shape index (κ1) is 13.8. The minimum atomic E-state index is -0.798. The van der Waals surface area contributed by atoms with Gasteiger partial charge in [-0.3, -0.25) is 14.5 Å². The van der Waals surface area contributed by atoms with Crippen LogP contribution in [0.4, 0.5) is 4.79 Å². The molecule has 19 heavy (non-hydrogen) atoms. The van der Waals surface area contributed by atoms with Gasteiger partial charge in [-0.1, -0.05) is 0 Å². The summed E-state index contributed by atoms with van der Waals surface area (Å²) in [5.41, 5.74) is -0.798. The van der Waals surface area contributed by atoms with Gasteiger partial charge >= 0.3 is 6.03 Å². The molecule has 2 aliphatic rings. The normalized spacial score (nSPS) is 21.7. The minimum absolute atomic E-state index is 0.176. The number of amides is 4. The van der Waals surface area contributed by atoms with E-state index >= 15 is 0 Å². The van der Waals surface area contributed by atoms with Crippen molar-refractivity contribution in [2.24, 2.45) is 0 Å². The van der Waals surface area contributed by atoms with Gasteiger partial charge in [-0.2, -0.15) is 0 Å². The van der Waals surface area contributed by atoms with Crippen molar-refractivity contribution < 1.29 is 14.4 Å². The molecule has 0 aliphatic carbocycles. The van der Waals surface area contributed by atoms with E-state index in [-0.39, 0.29) is 18.4 Å². The lowest BCUT2D eigenvalue weighted by molar-refractivity contribution is -0.138. The first-order valence-corrected chi connectivity index (χ1v) is 6.59. The van der Waals surface area contributed by atoms with Gasteiger partial charge < -0.3 is 15.5 Å². The fraction of sp³-hybridized carbons (Fsp3) is 0.750. The van der Waals surface area contributed by atoms with Gasteiger partial charge in [0.05, 0.1) is 0 Å². The molecule has 106 valence electrons. The van der Waals surface area contributed by atoms with E-state index in [0.717, 1.165) is 4.90 Å². The number of carbonyl (C=O) groups excluding carboxylic acids is 3. The van der Waals surface area contributed by atoms with Gasteiger partial charge in [0, 0.05) is 13.6 Å². The van der Waals surface area contributed by atoms with Gasteiger partial charge in [-0.15, -0.1) is 0 Å². The molecule has 0 aromatic carbocycles. The van der Waals surface area contributed by atoms with Crippen LogP contribution in [0, 0.1) is 0 Å². The average Bonchev–Trinajstić information content (AvgIpc) is 2.63. The summed E-state index contributed by atoms with van der Waals surface area (Å²) in [4.78, 5) is 38.7. The number of rotatable bonds is 3. The Bertz CT molecular complexity index is 404. The highest BCUT2D eigenvalue weighted by Gasteiger charge is 2.51. The van der Waals surface area contributed by atoms with Gasteiger partial charge in [-0.25, -0.2) is 4.79 Å². The number of hydrogen-bond donors (Lipinski definition) is 2. The summed E-state index contributed by atoms with van der Waals surface area (Å²) in [5.74, 6) is -0.492. The molecule has 0 radical (unpaired) electrons. The van der Waals surface area contributed by atoms with Crippen LogP contribution in [0.15, 0.2) is 0 Å². The van der Waals surface area contributed by atoms with Crippen molar-refractivity contribution in [2.75, 3.05) is 33.2 Å². The number of nitrogens with one attached hydrogen (secondary N) is 2. The van der Waals surface area contributed by atoms with E-state index in [0.29, 0.717) is 32.5 Å². The molecule has 0 unspecified atom stereocenters. The zero-order valence-corrected chi connectivity index (χ0v) is 11.4. The molecular weight excluding hydrogens is 248 g/mol. The third-order valence-electron chi connectivity index (χ3n) is 3.90. The SMILES string of the molecule is CCN(C)C(=O)CN1C(=O)NC2(CCNCC2)C1=O. The van der Waals surface area contributed by atoms with Crippen LogP contribution in [0.2, 0.25) is 0 Å². The van der Waals surface area contributed by atoms with Gasteiger partial charge in [0.25, 0.3) is 5.91 Å². The fourth-order valence-corrected chi connectivity index (χ4v) is 2.44. The summed E-state index contributed by atoms with van der Waals surface area (Å²) < 4.78 is 0. The molecule has 7 nitrogen and oxygen atoms in total. The molecule has 0 bridgehead atoms. The Labute approximate surface area is 112 Å². The van der Waals surface area contributed by atoms with E-state index in [9.17, 15) is 14.4 Å². The number of urea groups is 1. The molecule has 0 aromatic heterocycles. The highest BCUT2D eigenvalue weighted by atomic mass is 16.2. The molecule has 1 spiro atoms. The molecule has 7 heteroatoms. The molecule has 2 saturated heterocycles. The zero-order valence-electron chi connectivity index (χ0n) is 11.4. The fourth-order valence-electron chi connectivity index (χ4n) is 2.44. The summed E-state index contributed by atoms with van der Waals surface area (Å²) in [6, 6.07) is -0.454. The molecule has 2 aliphatic heterocycles. The molecule has 4 amide bonds. The van der Waals surface area contributed by atoms with Crippen molar-refractivity contribution in [2.45, 2.75) is 25.3 Å². The number of nitrogens with zero attached hydrogens (tertiary/aromatic N) is 2. The molecular formula is C12H20N4O3. The van der Waals surface area contributed by atoms with Crippen LogP contribution in [-0.4, -0.2) is 66.4 Å². The first-order valence-electron chi connectivity index (χ1n) is 6.59. The monoisotopic (exact) mass is 268 g/mol. The van der Waals surface area contributed by atoms with Crippen molar-refractivity contribution in [1.29, 1.82) is 0 Å². The smallest absolute Gasteiger partial charge is 0.325 e. The molecule has 2 heterocycles. The standard InChI is InChI=1S/C12H20N4O3/c1-3-15(2)9(17)8-16-10(18)12(14-11(16)19)4-6-13-7-5-12/h13H,3-8H2,1-2H3,(H,14,19). The maximum absolute atomic E-state index is 12.4. The van der Waals surface area contributed by atoms with Crippen LogP contribution >= 0.6 is 0 Å². The van der Waals surface area contributed by atoms with Crippen molar-refractivity contribution >= 4 is 17.8 Å². The van der Waals surface area contributed by atoms with E-state index in [4.69, 9.17) is 0 Å². The van der Waals surface area contributed by atoms with Crippen LogP contribution in [-0.2, 0) is 9.59 Å². The van der Waals surface area contributed by atoms with E-state index < -0.39 is 11.6 Å². The highest BCUT2D eigenvalue weighted by molar-refractivity contribution is 6.09. The summed E-state index contributed by atoms with van der Waals surface area (Å²) in [6.07, 6.45) is 1.15. The van der Waals surface area contributed by atoms with Crippen molar-refractivity contribution in [3.05, 3.63) is 0 Å². The minimum Gasteiger partial charge on any atom is -0.344 e. The second-order valence-corrected chi connectivity index (χ2v) is 5.06. The number of likely N-dealkylation sites (N-methyl/N-ethyl adjacent to an activating group) is 1. The van der Waals surface area contributed by atoms with Gasteiger partial charge in [0.15, 0.2) is 0 Å². The van der Waals surface area contributed by atoms with Crippen LogP contribution in [0.3, 0.4) is 0 Å². The number of imide groups is 1. The average molecular weight is 268 g/mol. The third-order valence-corrected chi connectivity index (χ3v) is 3.90. The second-order valence-electron chi connectivity index (χ2n) is 5.06. The first-order chi connectivity index (χ1) is 9.00. The van der Waals surface area contributed by atoms with Crippen LogP contribution in [0.5, 0.6) is 0 Å². The summed E-state index contributed by atoms with van der Waals surface area (Å²) >= 11 is 0. The predicted molar refractivity (Wildman–Crippen MR) is 68.4 cm³/mol. The van der Waals surface area contributed by atoms with Gasteiger partial charge in [0.1, 0.15) is 12.1 Å². The number of hydrogen-bond acceptors (Lipinski definition) is 4. The van der Waals surface area contributed by atoms with Crippen LogP contribution < -0.4 is 10.6 Å². The van der Waals surface area contributed by atoms with E-state index in [1.165, 1.54) is 4.90 Å². The summed E-state index contributed by atoms with van der Waals surface area (Å²) in [5, 5.41) is 5.92. The van der Waals surface area contributed by atoms with Crippen molar-refractivity contribution in [3.8, 4) is 0 Å². The molecule has 2 N–H and O–H groups in total. The van der Waals surface area contributed by atoms with E-state index in [1.807, 2.05) is 6.92 Å². The second kappa shape index (κ2) is 5.16. The zero-order chi connectivity index (χ0) is 14.0. The Hall–Kier alpha value is -1.63. The maximum atomic E-state index is 12.4. The quantitative estimate of drug-likeness (QED) is 0.653. The lowest BCUT2D eigenvalue weighted by atomic mass is 9.88. The summed E-state index contributed by atoms with van der Waals surface area (Å²) in [6.45, 7) is 3.62. The lowest BCUT2D eigenvalue weighted by Crippen LogP contribution is -2.54. The Kier molecular flexibility index (Phi) is 3.75. The summed E-state index contributed by atoms with van der Waals surface area (Å²) in [7, 11) is 1.65. The maximum Gasteiger partial charge on any atom is 0.325 e. The Morgan fingerprint density at radius 2 is 2.00 bits per heavy atom. The topological polar surface area (TPSA) is 81.8 Å². The van der Waals surface area contributed by atoms with Crippen LogP contribution in [0.1, 0.15) is 19.8 Å². The third kappa shape index (κ3) is 2.42. The predicted octanol–water partition coefficient (Wildman–Crippen LogP) is -0.861. The number of piperidine rings is 1. The van der Waals surface area contributed by atoms with Crippen LogP contribution in [0.25, 0.3) is 0 Å². The molecule has 2 rings (SSSR count). The molecule has 2 fully saturated rings. The van der Waals surface area contributed by atoms with Gasteiger partial charge in [-0.05, 0) is 32.9 Å². The highest BCUT2D eigenvalue weighted by Crippen LogP contribution is 2.26. The molecule has 0 aromatic rings. The Morgan fingerprint density at radius 3 is 2.58 bits per heavy atom. The Balaban J connectivity index is 2.08. The molecule has 0 saturated carbocycles. The molecule has 0 atom stereocenters. The largest absolute Gasteiger partial charge is 0.344 e. The number of carbonyl (C=O) groups is 3. The van der Waals surface area contributed by atoms with E-state index in [2.05, 4.69) is 10.6 Å². The van der Waals surface area contributed by atoms with Gasteiger partial charge in [0.2, 0.25) is 5.91 Å². The van der Waals surface area contributed by atoms with Crippen molar-refractivity contribution in [1.82, 2.24) is 20.4 Å². The Morgan fingerprint density at radius 1 is 1.37 bits per heavy atom. The van der Waals surface area contributed by atoms with Crippen molar-refractivity contribution in [3.63, 3.8) is 0 Å². The van der Waals surface area contributed by atoms with E-state index in [1.54, 1.807) is 7.05 Å². The lowest BCUT2D eigenvalue weighted by Gasteiger charge is -2.31.